The van der Waals surface area contributed by atoms with Crippen molar-refractivity contribution in [3.05, 3.63) is 34.7 Å². The molecule has 2 rings (SSSR count). The van der Waals surface area contributed by atoms with E-state index in [-0.39, 0.29) is 5.75 Å². The molecule has 72 valence electrons. The van der Waals surface area contributed by atoms with Crippen molar-refractivity contribution in [2.75, 3.05) is 7.11 Å². The SMILES string of the molecule is COc1ccc2c(O)cc(=O)oc2c1. The number of ether oxygens (including phenoxy) is 1. The lowest BCUT2D eigenvalue weighted by Gasteiger charge is -2.01. The Morgan fingerprint density at radius 1 is 1.36 bits per heavy atom. The summed E-state index contributed by atoms with van der Waals surface area (Å²) >= 11 is 0. The first kappa shape index (κ1) is 8.62. The summed E-state index contributed by atoms with van der Waals surface area (Å²) in [5, 5.41) is 9.91. The number of hydrogen-bond donors (Lipinski definition) is 1. The Hall–Kier alpha value is -1.97. The summed E-state index contributed by atoms with van der Waals surface area (Å²) < 4.78 is 9.85. The molecule has 2 aromatic rings. The van der Waals surface area contributed by atoms with E-state index < -0.39 is 5.63 Å². The summed E-state index contributed by atoms with van der Waals surface area (Å²) in [6, 6.07) is 5.90. The number of hydrogen-bond acceptors (Lipinski definition) is 4. The zero-order chi connectivity index (χ0) is 10.1. The largest absolute Gasteiger partial charge is 0.507 e. The summed E-state index contributed by atoms with van der Waals surface area (Å²) in [7, 11) is 1.52. The maximum Gasteiger partial charge on any atom is 0.339 e. The molecule has 0 atom stereocenters. The van der Waals surface area contributed by atoms with Crippen LogP contribution in [0.1, 0.15) is 0 Å². The molecule has 14 heavy (non-hydrogen) atoms. The molecule has 0 spiro atoms. The first-order valence-electron chi connectivity index (χ1n) is 4.01. The van der Waals surface area contributed by atoms with Crippen molar-refractivity contribution >= 4 is 11.0 Å². The van der Waals surface area contributed by atoms with E-state index >= 15 is 0 Å². The van der Waals surface area contributed by atoms with Gasteiger partial charge in [0.1, 0.15) is 17.1 Å². The topological polar surface area (TPSA) is 59.7 Å². The summed E-state index contributed by atoms with van der Waals surface area (Å²) in [5.41, 5.74) is -0.266. The third kappa shape index (κ3) is 1.31. The van der Waals surface area contributed by atoms with Crippen LogP contribution in [0.5, 0.6) is 11.5 Å². The Bertz CT molecular complexity index is 527. The van der Waals surface area contributed by atoms with Gasteiger partial charge < -0.3 is 14.3 Å². The van der Waals surface area contributed by atoms with Gasteiger partial charge in [-0.25, -0.2) is 4.79 Å². The van der Waals surface area contributed by atoms with Crippen LogP contribution < -0.4 is 10.4 Å². The van der Waals surface area contributed by atoms with E-state index in [9.17, 15) is 9.90 Å². The van der Waals surface area contributed by atoms with Gasteiger partial charge in [0.2, 0.25) is 0 Å². The highest BCUT2D eigenvalue weighted by molar-refractivity contribution is 5.83. The van der Waals surface area contributed by atoms with Gasteiger partial charge in [-0.1, -0.05) is 0 Å². The Morgan fingerprint density at radius 3 is 2.86 bits per heavy atom. The molecule has 0 unspecified atom stereocenters. The van der Waals surface area contributed by atoms with Gasteiger partial charge in [-0.3, -0.25) is 0 Å². The highest BCUT2D eigenvalue weighted by atomic mass is 16.5. The van der Waals surface area contributed by atoms with Crippen molar-refractivity contribution in [3.63, 3.8) is 0 Å². The molecular formula is C10H8O4. The van der Waals surface area contributed by atoms with Crippen molar-refractivity contribution in [1.82, 2.24) is 0 Å². The molecule has 0 aliphatic carbocycles. The van der Waals surface area contributed by atoms with E-state index in [1.807, 2.05) is 0 Å². The molecule has 0 radical (unpaired) electrons. The van der Waals surface area contributed by atoms with E-state index in [2.05, 4.69) is 0 Å². The van der Waals surface area contributed by atoms with E-state index in [1.54, 1.807) is 18.2 Å². The van der Waals surface area contributed by atoms with Gasteiger partial charge >= 0.3 is 5.63 Å². The lowest BCUT2D eigenvalue weighted by atomic mass is 10.2. The lowest BCUT2D eigenvalue weighted by Crippen LogP contribution is -1.95. The third-order valence-corrected chi connectivity index (χ3v) is 1.93. The minimum absolute atomic E-state index is 0.0843. The van der Waals surface area contributed by atoms with E-state index in [0.717, 1.165) is 6.07 Å². The standard InChI is InChI=1S/C10H8O4/c1-13-6-2-3-7-8(11)5-10(12)14-9(7)4-6/h2-5,11H,1H3. The molecule has 0 aliphatic heterocycles. The third-order valence-electron chi connectivity index (χ3n) is 1.93. The maximum atomic E-state index is 10.9. The van der Waals surface area contributed by atoms with Gasteiger partial charge in [-0.2, -0.15) is 0 Å². The highest BCUT2D eigenvalue weighted by Gasteiger charge is 2.04. The molecule has 4 heteroatoms. The lowest BCUT2D eigenvalue weighted by molar-refractivity contribution is 0.413. The van der Waals surface area contributed by atoms with Crippen LogP contribution in [0.4, 0.5) is 0 Å². The molecule has 0 aliphatic rings. The summed E-state index contributed by atoms with van der Waals surface area (Å²) in [6.45, 7) is 0. The van der Waals surface area contributed by atoms with Crippen molar-refractivity contribution < 1.29 is 14.3 Å². The number of methoxy groups -OCH3 is 1. The van der Waals surface area contributed by atoms with E-state index in [4.69, 9.17) is 9.15 Å². The van der Waals surface area contributed by atoms with Gasteiger partial charge in [-0.15, -0.1) is 0 Å². The second-order valence-corrected chi connectivity index (χ2v) is 2.81. The molecule has 1 heterocycles. The molecule has 1 N–H and O–H groups in total. The fourth-order valence-corrected chi connectivity index (χ4v) is 1.25. The number of rotatable bonds is 1. The van der Waals surface area contributed by atoms with Crippen molar-refractivity contribution in [1.29, 1.82) is 0 Å². The molecule has 0 saturated carbocycles. The fraction of sp³-hybridized carbons (Fsp3) is 0.100. The molecule has 0 amide bonds. The Morgan fingerprint density at radius 2 is 2.14 bits per heavy atom. The summed E-state index contributed by atoms with van der Waals surface area (Å²) in [6.07, 6.45) is 0. The van der Waals surface area contributed by atoms with Crippen molar-refractivity contribution in [2.45, 2.75) is 0 Å². The molecule has 0 fully saturated rings. The van der Waals surface area contributed by atoms with Crippen molar-refractivity contribution in [2.24, 2.45) is 0 Å². The zero-order valence-electron chi connectivity index (χ0n) is 7.48. The van der Waals surface area contributed by atoms with Crippen LogP contribution in [-0.4, -0.2) is 12.2 Å². The maximum absolute atomic E-state index is 10.9. The van der Waals surface area contributed by atoms with Crippen molar-refractivity contribution in [3.8, 4) is 11.5 Å². The van der Waals surface area contributed by atoms with Gasteiger partial charge in [0, 0.05) is 6.07 Å². The van der Waals surface area contributed by atoms with E-state index in [0.29, 0.717) is 16.7 Å². The second-order valence-electron chi connectivity index (χ2n) is 2.81. The average Bonchev–Trinajstić information content (AvgIpc) is 2.16. The average molecular weight is 192 g/mol. The Labute approximate surface area is 79.4 Å². The molecule has 1 aromatic heterocycles. The van der Waals surface area contributed by atoms with Crippen LogP contribution in [0.2, 0.25) is 0 Å². The van der Waals surface area contributed by atoms with E-state index in [1.165, 1.54) is 7.11 Å². The fourth-order valence-electron chi connectivity index (χ4n) is 1.25. The Balaban J connectivity index is 2.82. The van der Waals surface area contributed by atoms with Crippen LogP contribution in [0.3, 0.4) is 0 Å². The van der Waals surface area contributed by atoms with Gasteiger partial charge in [-0.05, 0) is 12.1 Å². The first-order chi connectivity index (χ1) is 6.70. The van der Waals surface area contributed by atoms with Gasteiger partial charge in [0.05, 0.1) is 18.6 Å². The highest BCUT2D eigenvalue weighted by Crippen LogP contribution is 2.25. The summed E-state index contributed by atoms with van der Waals surface area (Å²) in [4.78, 5) is 10.9. The Kier molecular flexibility index (Phi) is 1.89. The molecular weight excluding hydrogens is 184 g/mol. The molecule has 1 aromatic carbocycles. The number of benzene rings is 1. The predicted octanol–water partition coefficient (Wildman–Crippen LogP) is 1.51. The quantitative estimate of drug-likeness (QED) is 0.695. The molecule has 0 bridgehead atoms. The second kappa shape index (κ2) is 3.06. The van der Waals surface area contributed by atoms with Gasteiger partial charge in [0.25, 0.3) is 0 Å². The summed E-state index contributed by atoms with van der Waals surface area (Å²) in [5.74, 6) is 0.491. The smallest absolute Gasteiger partial charge is 0.339 e. The van der Waals surface area contributed by atoms with Crippen LogP contribution in [0.15, 0.2) is 33.5 Å². The predicted molar refractivity (Wildman–Crippen MR) is 50.7 cm³/mol. The van der Waals surface area contributed by atoms with Gasteiger partial charge in [0.15, 0.2) is 0 Å². The van der Waals surface area contributed by atoms with Crippen LogP contribution in [0.25, 0.3) is 11.0 Å². The van der Waals surface area contributed by atoms with Crippen LogP contribution >= 0.6 is 0 Å². The first-order valence-corrected chi connectivity index (χ1v) is 4.01. The molecule has 4 nitrogen and oxygen atoms in total. The van der Waals surface area contributed by atoms with Crippen LogP contribution in [-0.2, 0) is 0 Å². The number of aromatic hydroxyl groups is 1. The monoisotopic (exact) mass is 192 g/mol. The minimum Gasteiger partial charge on any atom is -0.507 e. The number of fused-ring (bicyclic) bond motifs is 1. The minimum atomic E-state index is -0.580. The zero-order valence-corrected chi connectivity index (χ0v) is 7.48. The normalized spacial score (nSPS) is 10.4. The molecule has 0 saturated heterocycles. The van der Waals surface area contributed by atoms with Crippen LogP contribution in [0, 0.1) is 0 Å².